The molecule has 1 rings (SSSR count). The van der Waals surface area contributed by atoms with Gasteiger partial charge in [0.15, 0.2) is 0 Å². The normalized spacial score (nSPS) is 10.4. The number of hydrogen-bond donors (Lipinski definition) is 2. The summed E-state index contributed by atoms with van der Waals surface area (Å²) in [5.74, 6) is 1.50. The summed E-state index contributed by atoms with van der Waals surface area (Å²) in [6, 6.07) is 0. The Balaban J connectivity index is 2.34. The summed E-state index contributed by atoms with van der Waals surface area (Å²) < 4.78 is 5.90. The molecule has 0 spiro atoms. The van der Waals surface area contributed by atoms with Crippen molar-refractivity contribution in [3.8, 4) is 0 Å². The third kappa shape index (κ3) is 5.64. The second-order valence-corrected chi connectivity index (χ2v) is 4.76. The van der Waals surface area contributed by atoms with Gasteiger partial charge in [-0.2, -0.15) is 4.98 Å². The molecule has 0 bridgehead atoms. The molecular formula is C12H21BrN4O. The molecule has 0 atom stereocenters. The lowest BCUT2D eigenvalue weighted by Crippen LogP contribution is -2.08. The molecule has 0 fully saturated rings. The van der Waals surface area contributed by atoms with Crippen LogP contribution in [0.1, 0.15) is 26.2 Å². The van der Waals surface area contributed by atoms with Crippen molar-refractivity contribution >= 4 is 27.7 Å². The van der Waals surface area contributed by atoms with Crippen molar-refractivity contribution in [3.05, 3.63) is 10.7 Å². The summed E-state index contributed by atoms with van der Waals surface area (Å²) in [7, 11) is 1.73. The largest absolute Gasteiger partial charge is 0.385 e. The molecule has 0 saturated heterocycles. The van der Waals surface area contributed by atoms with Crippen molar-refractivity contribution in [2.24, 2.45) is 0 Å². The van der Waals surface area contributed by atoms with Crippen LogP contribution in [0.2, 0.25) is 0 Å². The highest BCUT2D eigenvalue weighted by Crippen LogP contribution is 2.20. The topological polar surface area (TPSA) is 59.1 Å². The Morgan fingerprint density at radius 3 is 2.83 bits per heavy atom. The second kappa shape index (κ2) is 9.10. The van der Waals surface area contributed by atoms with E-state index < -0.39 is 0 Å². The number of unbranched alkanes of at least 4 members (excludes halogenated alkanes) is 2. The average Bonchev–Trinajstić information content (AvgIpc) is 2.37. The Bertz CT molecular complexity index is 349. The molecule has 0 aromatic carbocycles. The third-order valence-corrected chi connectivity index (χ3v) is 2.98. The van der Waals surface area contributed by atoms with Crippen LogP contribution < -0.4 is 10.6 Å². The van der Waals surface area contributed by atoms with Gasteiger partial charge in [0.1, 0.15) is 5.82 Å². The first kappa shape index (κ1) is 15.2. The van der Waals surface area contributed by atoms with Crippen LogP contribution in [0, 0.1) is 0 Å². The summed E-state index contributed by atoms with van der Waals surface area (Å²) in [4.78, 5) is 8.56. The van der Waals surface area contributed by atoms with Crippen molar-refractivity contribution in [2.45, 2.75) is 26.2 Å². The molecule has 1 aromatic rings. The maximum absolute atomic E-state index is 5.01. The van der Waals surface area contributed by atoms with Crippen LogP contribution in [-0.2, 0) is 4.74 Å². The SMILES string of the molecule is CCNc1ncc(Br)c(NCCCCCOC)n1. The molecule has 2 N–H and O–H groups in total. The zero-order valence-electron chi connectivity index (χ0n) is 11.0. The quantitative estimate of drug-likeness (QED) is 0.686. The number of nitrogens with one attached hydrogen (secondary N) is 2. The lowest BCUT2D eigenvalue weighted by atomic mass is 10.2. The second-order valence-electron chi connectivity index (χ2n) is 3.90. The lowest BCUT2D eigenvalue weighted by molar-refractivity contribution is 0.192. The molecule has 0 aliphatic carbocycles. The van der Waals surface area contributed by atoms with E-state index in [1.807, 2.05) is 6.92 Å². The van der Waals surface area contributed by atoms with Gasteiger partial charge in [0.2, 0.25) is 5.95 Å². The highest BCUT2D eigenvalue weighted by Gasteiger charge is 2.03. The first-order valence-electron chi connectivity index (χ1n) is 6.27. The number of rotatable bonds is 9. The van der Waals surface area contributed by atoms with E-state index in [9.17, 15) is 0 Å². The van der Waals surface area contributed by atoms with E-state index in [0.717, 1.165) is 49.2 Å². The van der Waals surface area contributed by atoms with Crippen LogP contribution in [0.3, 0.4) is 0 Å². The first-order chi connectivity index (χ1) is 8.77. The summed E-state index contributed by atoms with van der Waals surface area (Å²) in [6.45, 7) is 4.58. The number of methoxy groups -OCH3 is 1. The van der Waals surface area contributed by atoms with Gasteiger partial charge in [-0.1, -0.05) is 0 Å². The minimum Gasteiger partial charge on any atom is -0.385 e. The van der Waals surface area contributed by atoms with Crippen LogP contribution in [0.25, 0.3) is 0 Å². The van der Waals surface area contributed by atoms with E-state index in [4.69, 9.17) is 4.74 Å². The predicted molar refractivity (Wildman–Crippen MR) is 78.1 cm³/mol. The van der Waals surface area contributed by atoms with Crippen LogP contribution in [0.5, 0.6) is 0 Å². The van der Waals surface area contributed by atoms with Crippen molar-refractivity contribution in [2.75, 3.05) is 37.4 Å². The molecule has 102 valence electrons. The summed E-state index contributed by atoms with van der Waals surface area (Å²) in [5.41, 5.74) is 0. The fourth-order valence-electron chi connectivity index (χ4n) is 1.49. The number of nitrogens with zero attached hydrogens (tertiary/aromatic N) is 2. The average molecular weight is 317 g/mol. The van der Waals surface area contributed by atoms with E-state index in [0.29, 0.717) is 5.95 Å². The van der Waals surface area contributed by atoms with Crippen LogP contribution >= 0.6 is 15.9 Å². The molecule has 0 saturated carbocycles. The van der Waals surface area contributed by atoms with E-state index in [2.05, 4.69) is 36.5 Å². The Kier molecular flexibility index (Phi) is 7.68. The Morgan fingerprint density at radius 1 is 1.28 bits per heavy atom. The summed E-state index contributed by atoms with van der Waals surface area (Å²) in [5, 5.41) is 6.40. The fraction of sp³-hybridized carbons (Fsp3) is 0.667. The van der Waals surface area contributed by atoms with Crippen LogP contribution in [0.15, 0.2) is 10.7 Å². The monoisotopic (exact) mass is 316 g/mol. The molecule has 0 aliphatic rings. The zero-order chi connectivity index (χ0) is 13.2. The molecular weight excluding hydrogens is 296 g/mol. The van der Waals surface area contributed by atoms with Crippen molar-refractivity contribution in [1.29, 1.82) is 0 Å². The van der Waals surface area contributed by atoms with Gasteiger partial charge >= 0.3 is 0 Å². The molecule has 0 aliphatic heterocycles. The minimum absolute atomic E-state index is 0.655. The van der Waals surface area contributed by atoms with Crippen molar-refractivity contribution in [3.63, 3.8) is 0 Å². The smallest absolute Gasteiger partial charge is 0.224 e. The predicted octanol–water partition coefficient (Wildman–Crippen LogP) is 2.90. The molecule has 18 heavy (non-hydrogen) atoms. The fourth-order valence-corrected chi connectivity index (χ4v) is 1.82. The number of hydrogen-bond acceptors (Lipinski definition) is 5. The van der Waals surface area contributed by atoms with Crippen LogP contribution in [0.4, 0.5) is 11.8 Å². The lowest BCUT2D eigenvalue weighted by Gasteiger charge is -2.09. The number of aromatic nitrogens is 2. The molecule has 0 amide bonds. The van der Waals surface area contributed by atoms with Gasteiger partial charge in [-0.3, -0.25) is 0 Å². The standard InChI is InChI=1S/C12H21BrN4O/c1-3-14-12-16-9-10(13)11(17-12)15-7-5-4-6-8-18-2/h9H,3-8H2,1-2H3,(H2,14,15,16,17). The highest BCUT2D eigenvalue weighted by molar-refractivity contribution is 9.10. The van der Waals surface area contributed by atoms with Gasteiger partial charge in [0.05, 0.1) is 4.47 Å². The number of anilines is 2. The minimum atomic E-state index is 0.655. The van der Waals surface area contributed by atoms with Gasteiger partial charge in [-0.05, 0) is 42.1 Å². The van der Waals surface area contributed by atoms with Gasteiger partial charge in [-0.15, -0.1) is 0 Å². The van der Waals surface area contributed by atoms with Crippen LogP contribution in [-0.4, -0.2) is 36.8 Å². The molecule has 5 nitrogen and oxygen atoms in total. The van der Waals surface area contributed by atoms with E-state index in [1.54, 1.807) is 13.3 Å². The summed E-state index contributed by atoms with van der Waals surface area (Å²) >= 11 is 3.44. The zero-order valence-corrected chi connectivity index (χ0v) is 12.6. The Hall–Kier alpha value is -0.880. The van der Waals surface area contributed by atoms with Crippen molar-refractivity contribution in [1.82, 2.24) is 9.97 Å². The third-order valence-electron chi connectivity index (χ3n) is 2.40. The maximum Gasteiger partial charge on any atom is 0.224 e. The molecule has 1 aromatic heterocycles. The van der Waals surface area contributed by atoms with E-state index >= 15 is 0 Å². The maximum atomic E-state index is 5.01. The highest BCUT2D eigenvalue weighted by atomic mass is 79.9. The van der Waals surface area contributed by atoms with E-state index in [-0.39, 0.29) is 0 Å². The molecule has 0 radical (unpaired) electrons. The van der Waals surface area contributed by atoms with Gasteiger partial charge < -0.3 is 15.4 Å². The molecule has 1 heterocycles. The van der Waals surface area contributed by atoms with Crippen molar-refractivity contribution < 1.29 is 4.74 Å². The van der Waals surface area contributed by atoms with Gasteiger partial charge in [0, 0.05) is 33.0 Å². The molecule has 6 heteroatoms. The number of halogens is 1. The van der Waals surface area contributed by atoms with Gasteiger partial charge in [-0.25, -0.2) is 4.98 Å². The Labute approximate surface area is 117 Å². The molecule has 0 unspecified atom stereocenters. The number of ether oxygens (including phenoxy) is 1. The van der Waals surface area contributed by atoms with Gasteiger partial charge in [0.25, 0.3) is 0 Å². The first-order valence-corrected chi connectivity index (χ1v) is 7.06. The Morgan fingerprint density at radius 2 is 2.11 bits per heavy atom. The summed E-state index contributed by atoms with van der Waals surface area (Å²) in [6.07, 6.45) is 5.13. The van der Waals surface area contributed by atoms with E-state index in [1.165, 1.54) is 0 Å².